The molecule has 2 atom stereocenters. The Labute approximate surface area is 105 Å². The van der Waals surface area contributed by atoms with Crippen molar-refractivity contribution < 1.29 is 4.79 Å². The maximum atomic E-state index is 11.7. The van der Waals surface area contributed by atoms with Gasteiger partial charge in [0.05, 0.1) is 6.54 Å². The van der Waals surface area contributed by atoms with Crippen molar-refractivity contribution in [1.29, 1.82) is 0 Å². The molecule has 98 valence electrons. The molecular formula is C14H26N2O. The Morgan fingerprint density at radius 2 is 1.76 bits per heavy atom. The zero-order valence-electron chi connectivity index (χ0n) is 11.0. The Bertz CT molecular complexity index is 249. The highest BCUT2D eigenvalue weighted by molar-refractivity contribution is 5.78. The largest absolute Gasteiger partial charge is 0.352 e. The lowest BCUT2D eigenvalue weighted by molar-refractivity contribution is -0.121. The first-order chi connectivity index (χ1) is 8.24. The molecule has 2 unspecified atom stereocenters. The Hall–Kier alpha value is -0.570. The molecule has 1 amide bonds. The molecule has 0 aromatic heterocycles. The average molecular weight is 238 g/mol. The molecular weight excluding hydrogens is 212 g/mol. The monoisotopic (exact) mass is 238 g/mol. The summed E-state index contributed by atoms with van der Waals surface area (Å²) in [6, 6.07) is 1.02. The minimum atomic E-state index is 0.190. The van der Waals surface area contributed by atoms with Crippen LogP contribution in [0.25, 0.3) is 0 Å². The zero-order valence-corrected chi connectivity index (χ0v) is 11.0. The lowest BCUT2D eigenvalue weighted by atomic mass is 9.87. The lowest BCUT2D eigenvalue weighted by Crippen LogP contribution is -2.43. The van der Waals surface area contributed by atoms with Crippen LogP contribution in [0.15, 0.2) is 0 Å². The van der Waals surface area contributed by atoms with Gasteiger partial charge in [-0.3, -0.25) is 4.79 Å². The first-order valence-electron chi connectivity index (χ1n) is 7.27. The Morgan fingerprint density at radius 1 is 1.06 bits per heavy atom. The molecule has 0 heterocycles. The van der Waals surface area contributed by atoms with Crippen molar-refractivity contribution in [3.05, 3.63) is 0 Å². The van der Waals surface area contributed by atoms with Gasteiger partial charge in [-0.25, -0.2) is 0 Å². The topological polar surface area (TPSA) is 41.1 Å². The number of nitrogens with one attached hydrogen (secondary N) is 2. The van der Waals surface area contributed by atoms with Gasteiger partial charge in [0.1, 0.15) is 0 Å². The van der Waals surface area contributed by atoms with E-state index in [0.29, 0.717) is 18.6 Å². The van der Waals surface area contributed by atoms with E-state index in [9.17, 15) is 4.79 Å². The van der Waals surface area contributed by atoms with E-state index in [1.54, 1.807) is 0 Å². The van der Waals surface area contributed by atoms with E-state index in [-0.39, 0.29) is 5.91 Å². The summed E-state index contributed by atoms with van der Waals surface area (Å²) < 4.78 is 0. The quantitative estimate of drug-likeness (QED) is 0.788. The highest BCUT2D eigenvalue weighted by Crippen LogP contribution is 2.23. The molecule has 0 saturated heterocycles. The molecule has 2 N–H and O–H groups in total. The van der Waals surface area contributed by atoms with Crippen LogP contribution < -0.4 is 10.6 Å². The van der Waals surface area contributed by atoms with Crippen molar-refractivity contribution in [3.8, 4) is 0 Å². The molecule has 0 bridgehead atoms. The van der Waals surface area contributed by atoms with Gasteiger partial charge < -0.3 is 10.6 Å². The van der Waals surface area contributed by atoms with Gasteiger partial charge in [-0.05, 0) is 31.6 Å². The molecule has 2 rings (SSSR count). The van der Waals surface area contributed by atoms with Crippen LogP contribution in [0.4, 0.5) is 0 Å². The minimum Gasteiger partial charge on any atom is -0.352 e. The zero-order chi connectivity index (χ0) is 12.1. The fraction of sp³-hybridized carbons (Fsp3) is 0.929. The van der Waals surface area contributed by atoms with E-state index in [1.807, 2.05) is 0 Å². The predicted molar refractivity (Wildman–Crippen MR) is 69.8 cm³/mol. The van der Waals surface area contributed by atoms with Gasteiger partial charge >= 0.3 is 0 Å². The molecule has 3 heteroatoms. The predicted octanol–water partition coefficient (Wildman–Crippen LogP) is 2.21. The molecule has 17 heavy (non-hydrogen) atoms. The summed E-state index contributed by atoms with van der Waals surface area (Å²) in [5.41, 5.74) is 0. The average Bonchev–Trinajstić information content (AvgIpc) is 2.79. The summed E-state index contributed by atoms with van der Waals surface area (Å²) in [6.45, 7) is 2.82. The number of carbonyl (C=O) groups excluding carboxylic acids is 1. The molecule has 2 fully saturated rings. The summed E-state index contributed by atoms with van der Waals surface area (Å²) in [5, 5.41) is 6.54. The molecule has 2 aliphatic rings. The number of amides is 1. The molecule has 0 radical (unpaired) electrons. The summed E-state index contributed by atoms with van der Waals surface area (Å²) in [6.07, 6.45) is 10.0. The van der Waals surface area contributed by atoms with Gasteiger partial charge in [0.15, 0.2) is 0 Å². The van der Waals surface area contributed by atoms with Crippen LogP contribution in [0.3, 0.4) is 0 Å². The second-order valence-corrected chi connectivity index (χ2v) is 5.90. The smallest absolute Gasteiger partial charge is 0.234 e. The molecule has 0 spiro atoms. The van der Waals surface area contributed by atoms with Crippen LogP contribution in [-0.4, -0.2) is 24.5 Å². The van der Waals surface area contributed by atoms with Crippen LogP contribution in [0, 0.1) is 5.92 Å². The van der Waals surface area contributed by atoms with E-state index >= 15 is 0 Å². The molecule has 0 aliphatic heterocycles. The van der Waals surface area contributed by atoms with Crippen LogP contribution in [0.5, 0.6) is 0 Å². The molecule has 3 nitrogen and oxygen atoms in total. The Balaban J connectivity index is 1.61. The first kappa shape index (κ1) is 12.9. The van der Waals surface area contributed by atoms with Crippen molar-refractivity contribution in [2.24, 2.45) is 5.92 Å². The maximum absolute atomic E-state index is 11.7. The second kappa shape index (κ2) is 6.39. The van der Waals surface area contributed by atoms with Gasteiger partial charge in [0.25, 0.3) is 0 Å². The van der Waals surface area contributed by atoms with Crippen molar-refractivity contribution in [3.63, 3.8) is 0 Å². The second-order valence-electron chi connectivity index (χ2n) is 5.90. The van der Waals surface area contributed by atoms with Gasteiger partial charge in [-0.2, -0.15) is 0 Å². The standard InChI is InChI=1S/C14H26N2O/c1-11-5-4-8-13(9-11)15-10-14(17)16-12-6-2-3-7-12/h11-13,15H,2-10H2,1H3,(H,16,17). The molecule has 2 saturated carbocycles. The molecule has 0 aromatic rings. The normalized spacial score (nSPS) is 30.4. The number of carbonyl (C=O) groups is 1. The highest BCUT2D eigenvalue weighted by atomic mass is 16.1. The van der Waals surface area contributed by atoms with E-state index in [0.717, 1.165) is 5.92 Å². The van der Waals surface area contributed by atoms with Gasteiger partial charge in [-0.1, -0.05) is 32.6 Å². The summed E-state index contributed by atoms with van der Waals surface area (Å²) in [7, 11) is 0. The van der Waals surface area contributed by atoms with Crippen LogP contribution in [-0.2, 0) is 4.79 Å². The SMILES string of the molecule is CC1CCCC(NCC(=O)NC2CCCC2)C1. The van der Waals surface area contributed by atoms with E-state index in [1.165, 1.54) is 51.4 Å². The summed E-state index contributed by atoms with van der Waals surface area (Å²) in [5.74, 6) is 1.01. The van der Waals surface area contributed by atoms with Crippen LogP contribution in [0.2, 0.25) is 0 Å². The summed E-state index contributed by atoms with van der Waals surface area (Å²) >= 11 is 0. The van der Waals surface area contributed by atoms with Crippen LogP contribution in [0.1, 0.15) is 58.3 Å². The third-order valence-corrected chi connectivity index (χ3v) is 4.21. The fourth-order valence-electron chi connectivity index (χ4n) is 3.21. The van der Waals surface area contributed by atoms with Crippen molar-refractivity contribution in [2.75, 3.05) is 6.54 Å². The van der Waals surface area contributed by atoms with E-state index in [2.05, 4.69) is 17.6 Å². The first-order valence-corrected chi connectivity index (χ1v) is 7.27. The van der Waals surface area contributed by atoms with Crippen LogP contribution >= 0.6 is 0 Å². The van der Waals surface area contributed by atoms with Crippen molar-refractivity contribution in [1.82, 2.24) is 10.6 Å². The molecule has 0 aromatic carbocycles. The number of hydrogen-bond acceptors (Lipinski definition) is 2. The third kappa shape index (κ3) is 4.30. The number of rotatable bonds is 4. The van der Waals surface area contributed by atoms with E-state index < -0.39 is 0 Å². The Morgan fingerprint density at radius 3 is 2.47 bits per heavy atom. The van der Waals surface area contributed by atoms with Crippen molar-refractivity contribution >= 4 is 5.91 Å². The lowest BCUT2D eigenvalue weighted by Gasteiger charge is -2.27. The van der Waals surface area contributed by atoms with Crippen molar-refractivity contribution in [2.45, 2.75) is 70.4 Å². The van der Waals surface area contributed by atoms with Gasteiger partial charge in [0, 0.05) is 12.1 Å². The minimum absolute atomic E-state index is 0.190. The highest BCUT2D eigenvalue weighted by Gasteiger charge is 2.20. The number of hydrogen-bond donors (Lipinski definition) is 2. The maximum Gasteiger partial charge on any atom is 0.234 e. The van der Waals surface area contributed by atoms with E-state index in [4.69, 9.17) is 0 Å². The third-order valence-electron chi connectivity index (χ3n) is 4.21. The molecule has 2 aliphatic carbocycles. The van der Waals surface area contributed by atoms with Gasteiger partial charge in [-0.15, -0.1) is 0 Å². The summed E-state index contributed by atoms with van der Waals surface area (Å²) in [4.78, 5) is 11.7. The fourth-order valence-corrected chi connectivity index (χ4v) is 3.21. The van der Waals surface area contributed by atoms with Gasteiger partial charge in [0.2, 0.25) is 5.91 Å². The Kier molecular flexibility index (Phi) is 4.84.